The Morgan fingerprint density at radius 3 is 2.28 bits per heavy atom. The van der Waals surface area contributed by atoms with Crippen LogP contribution in [0.3, 0.4) is 0 Å². The number of aliphatic hydroxyl groups excluding tert-OH is 1. The number of fused-ring (bicyclic) bond motifs is 7. The van der Waals surface area contributed by atoms with Crippen LogP contribution in [-0.4, -0.2) is 79.3 Å². The minimum Gasteiger partial charge on any atom is -0.478 e. The SMILES string of the molecule is CC(CO)[C@@H]1CC[C@]2(NCCN3CCS(=O)(=O)CC3)CC[C@]3(C)[C@H](CC[C@@H]4[C@@]5(C)CC=C(c6ccc(C(=O)O)cc6)C(C)(C)[C@@H]5CC[C@]43C)[C@@H]12. The van der Waals surface area contributed by atoms with Gasteiger partial charge in [-0.15, -0.1) is 0 Å². The van der Waals surface area contributed by atoms with Gasteiger partial charge in [-0.3, -0.25) is 0 Å². The van der Waals surface area contributed by atoms with Gasteiger partial charge < -0.3 is 20.4 Å². The molecular formula is C42H64N2O5S. The number of rotatable bonds is 8. The largest absolute Gasteiger partial charge is 0.478 e. The van der Waals surface area contributed by atoms with E-state index in [0.29, 0.717) is 54.2 Å². The third-order valence-electron chi connectivity index (χ3n) is 16.9. The topological polar surface area (TPSA) is 107 Å². The van der Waals surface area contributed by atoms with E-state index in [9.17, 15) is 23.4 Å². The van der Waals surface area contributed by atoms with Gasteiger partial charge in [0.2, 0.25) is 0 Å². The summed E-state index contributed by atoms with van der Waals surface area (Å²) in [5.41, 5.74) is 3.67. The van der Waals surface area contributed by atoms with Gasteiger partial charge >= 0.3 is 5.97 Å². The Morgan fingerprint density at radius 1 is 0.920 bits per heavy atom. The average molecular weight is 709 g/mol. The van der Waals surface area contributed by atoms with Crippen LogP contribution in [0.4, 0.5) is 0 Å². The van der Waals surface area contributed by atoms with E-state index >= 15 is 0 Å². The lowest BCUT2D eigenvalue weighted by Crippen LogP contribution is -2.68. The van der Waals surface area contributed by atoms with Crippen molar-refractivity contribution in [1.82, 2.24) is 10.2 Å². The molecule has 0 bridgehead atoms. The molecule has 1 heterocycles. The molecule has 278 valence electrons. The van der Waals surface area contributed by atoms with E-state index in [-0.39, 0.29) is 45.3 Å². The van der Waals surface area contributed by atoms with Crippen LogP contribution in [0, 0.1) is 57.2 Å². The predicted octanol–water partition coefficient (Wildman–Crippen LogP) is 7.16. The minimum atomic E-state index is -2.88. The van der Waals surface area contributed by atoms with E-state index in [4.69, 9.17) is 0 Å². The van der Waals surface area contributed by atoms with E-state index in [1.807, 2.05) is 12.1 Å². The molecule has 5 fully saturated rings. The molecule has 50 heavy (non-hydrogen) atoms. The molecule has 1 aromatic carbocycles. The summed E-state index contributed by atoms with van der Waals surface area (Å²) in [4.78, 5) is 13.9. The van der Waals surface area contributed by atoms with Crippen LogP contribution in [0.25, 0.3) is 5.57 Å². The first-order valence-electron chi connectivity index (χ1n) is 19.8. The van der Waals surface area contributed by atoms with Gasteiger partial charge in [0.1, 0.15) is 0 Å². The Balaban J connectivity index is 1.15. The summed E-state index contributed by atoms with van der Waals surface area (Å²) in [5.74, 6) is 2.90. The number of sulfone groups is 1. The van der Waals surface area contributed by atoms with Crippen LogP contribution >= 0.6 is 0 Å². The second kappa shape index (κ2) is 12.7. The summed E-state index contributed by atoms with van der Waals surface area (Å²) in [6, 6.07) is 7.55. The van der Waals surface area contributed by atoms with Gasteiger partial charge in [0, 0.05) is 38.3 Å². The lowest BCUT2D eigenvalue weighted by molar-refractivity contribution is -0.221. The first kappa shape index (κ1) is 36.6. The fourth-order valence-corrected chi connectivity index (χ4v) is 15.3. The van der Waals surface area contributed by atoms with E-state index in [2.05, 4.69) is 57.8 Å². The van der Waals surface area contributed by atoms with Crippen LogP contribution in [-0.2, 0) is 9.84 Å². The van der Waals surface area contributed by atoms with E-state index in [1.54, 1.807) is 12.1 Å². The van der Waals surface area contributed by atoms with Crippen molar-refractivity contribution < 1.29 is 23.4 Å². The Labute approximate surface area is 302 Å². The molecule has 1 aromatic rings. The van der Waals surface area contributed by atoms with Gasteiger partial charge in [-0.25, -0.2) is 13.2 Å². The summed E-state index contributed by atoms with van der Waals surface area (Å²) >= 11 is 0. The van der Waals surface area contributed by atoms with Gasteiger partial charge in [0.05, 0.1) is 17.1 Å². The summed E-state index contributed by atoms with van der Waals surface area (Å²) in [6.45, 7) is 18.5. The molecule has 0 aromatic heterocycles. The molecule has 6 aliphatic rings. The van der Waals surface area contributed by atoms with Crippen molar-refractivity contribution in [2.24, 2.45) is 57.2 Å². The van der Waals surface area contributed by atoms with E-state index in [1.165, 1.54) is 56.9 Å². The number of benzene rings is 1. The number of nitrogens with one attached hydrogen (secondary N) is 1. The molecular weight excluding hydrogens is 645 g/mol. The fourth-order valence-electron chi connectivity index (χ4n) is 14.1. The lowest BCUT2D eigenvalue weighted by Gasteiger charge is -2.72. The molecule has 4 saturated carbocycles. The highest BCUT2D eigenvalue weighted by Crippen LogP contribution is 2.76. The summed E-state index contributed by atoms with van der Waals surface area (Å²) in [7, 11) is -2.88. The number of aromatic carboxylic acids is 1. The molecule has 5 aliphatic carbocycles. The van der Waals surface area contributed by atoms with Crippen LogP contribution in [0.5, 0.6) is 0 Å². The molecule has 10 atom stereocenters. The Kier molecular flexibility index (Phi) is 9.29. The molecule has 7 rings (SSSR count). The third-order valence-corrected chi connectivity index (χ3v) is 18.5. The number of hydrogen-bond donors (Lipinski definition) is 3. The Hall–Kier alpha value is -1.74. The number of carboxylic acid groups (broad SMARTS) is 1. The summed E-state index contributed by atoms with van der Waals surface area (Å²) in [5, 5.41) is 24.2. The zero-order valence-corrected chi connectivity index (χ0v) is 32.5. The maximum atomic E-state index is 12.0. The maximum Gasteiger partial charge on any atom is 0.335 e. The van der Waals surface area contributed by atoms with Crippen molar-refractivity contribution in [2.45, 2.75) is 105 Å². The van der Waals surface area contributed by atoms with Gasteiger partial charge in [-0.2, -0.15) is 0 Å². The van der Waals surface area contributed by atoms with E-state index in [0.717, 1.165) is 25.1 Å². The second-order valence-electron chi connectivity index (χ2n) is 19.1. The molecule has 7 nitrogen and oxygen atoms in total. The van der Waals surface area contributed by atoms with Crippen LogP contribution in [0.1, 0.15) is 115 Å². The molecule has 0 radical (unpaired) electrons. The number of carbonyl (C=O) groups is 1. The van der Waals surface area contributed by atoms with Crippen molar-refractivity contribution in [1.29, 1.82) is 0 Å². The van der Waals surface area contributed by atoms with Gasteiger partial charge in [-0.1, -0.05) is 59.8 Å². The highest BCUT2D eigenvalue weighted by Gasteiger charge is 2.70. The fraction of sp³-hybridized carbons (Fsp3) is 0.786. The number of aliphatic hydroxyl groups is 1. The Bertz CT molecular complexity index is 1590. The van der Waals surface area contributed by atoms with Crippen molar-refractivity contribution in [3.05, 3.63) is 41.5 Å². The third kappa shape index (κ3) is 5.58. The van der Waals surface area contributed by atoms with Crippen molar-refractivity contribution in [3.8, 4) is 0 Å². The number of nitrogens with zero attached hydrogens (tertiary/aromatic N) is 1. The van der Waals surface area contributed by atoms with Gasteiger partial charge in [-0.05, 0) is 138 Å². The van der Waals surface area contributed by atoms with Crippen LogP contribution < -0.4 is 5.32 Å². The standard InChI is InChI=1S/C42H64N2O5S/c1-28(27-45)31-13-18-42(43-21-22-44-23-25-50(48,49)26-24-44)20-19-40(5)33(36(31)42)11-12-35-39(4)16-14-32(29-7-9-30(10-8-29)37(46)47)38(2,3)34(39)15-17-41(35,40)6/h7-10,14,28,31,33-36,43,45H,11-13,15-27H2,1-6H3,(H,46,47)/t28?,31-,33+,34-,35+,36+,39-,40+,41+,42-/m0/s1. The second-order valence-corrected chi connectivity index (χ2v) is 21.4. The average Bonchev–Trinajstić information content (AvgIpc) is 3.45. The smallest absolute Gasteiger partial charge is 0.335 e. The van der Waals surface area contributed by atoms with E-state index < -0.39 is 15.8 Å². The van der Waals surface area contributed by atoms with Crippen LogP contribution in [0.15, 0.2) is 30.3 Å². The quantitative estimate of drug-likeness (QED) is 0.263. The van der Waals surface area contributed by atoms with Crippen molar-refractivity contribution in [2.75, 3.05) is 44.3 Å². The normalized spacial score (nSPS) is 42.7. The predicted molar refractivity (Wildman–Crippen MR) is 201 cm³/mol. The molecule has 0 amide bonds. The first-order chi connectivity index (χ1) is 23.5. The summed E-state index contributed by atoms with van der Waals surface area (Å²) < 4.78 is 24.1. The zero-order chi connectivity index (χ0) is 35.9. The molecule has 3 N–H and O–H groups in total. The van der Waals surface area contributed by atoms with Gasteiger partial charge in [0.25, 0.3) is 0 Å². The maximum absolute atomic E-state index is 12.0. The van der Waals surface area contributed by atoms with Crippen molar-refractivity contribution >= 4 is 21.4 Å². The molecule has 1 saturated heterocycles. The summed E-state index contributed by atoms with van der Waals surface area (Å²) in [6.07, 6.45) is 13.4. The molecule has 1 aliphatic heterocycles. The van der Waals surface area contributed by atoms with Crippen LogP contribution in [0.2, 0.25) is 0 Å². The number of hydrogen-bond acceptors (Lipinski definition) is 6. The highest BCUT2D eigenvalue weighted by molar-refractivity contribution is 7.91. The number of allylic oxidation sites excluding steroid dienone is 2. The van der Waals surface area contributed by atoms with Crippen molar-refractivity contribution in [3.63, 3.8) is 0 Å². The highest BCUT2D eigenvalue weighted by atomic mass is 32.2. The van der Waals surface area contributed by atoms with Gasteiger partial charge in [0.15, 0.2) is 9.84 Å². The minimum absolute atomic E-state index is 0.00584. The first-order valence-corrected chi connectivity index (χ1v) is 21.7. The monoisotopic (exact) mass is 708 g/mol. The zero-order valence-electron chi connectivity index (χ0n) is 31.6. The molecule has 1 unspecified atom stereocenters. The number of carboxylic acids is 1. The molecule has 0 spiro atoms. The Morgan fingerprint density at radius 2 is 1.62 bits per heavy atom. The molecule has 8 heteroatoms. The lowest BCUT2D eigenvalue weighted by atomic mass is 9.33.